The van der Waals surface area contributed by atoms with Crippen molar-refractivity contribution in [1.82, 2.24) is 4.90 Å². The number of hydrogen-bond donors (Lipinski definition) is 0. The molecule has 9 heteroatoms. The maximum Gasteiger partial charge on any atom is 0.485 e. The van der Waals surface area contributed by atoms with Crippen molar-refractivity contribution in [2.75, 3.05) is 33.2 Å². The standard InChI is InChI=1S/C19H23N2.CHF3O3S/c1-21-13-12-20(14-19(21)17-10-6-3-7-11-17)18(15-21)16-8-4-2-5-9-16;2-1(3,4)8(5,6)7/h2-11,18-19H,12-15H2,1H3;(H,5,6,7)/q+1;/p-1/t18-,19-,21?;/m0./s1. The van der Waals surface area contributed by atoms with Crippen LogP contribution >= 0.6 is 0 Å². The van der Waals surface area contributed by atoms with Gasteiger partial charge in [-0.3, -0.25) is 4.90 Å². The van der Waals surface area contributed by atoms with Gasteiger partial charge in [-0.1, -0.05) is 60.7 Å². The Labute approximate surface area is 168 Å². The summed E-state index contributed by atoms with van der Waals surface area (Å²) in [4.78, 5) is 2.69. The highest BCUT2D eigenvalue weighted by Gasteiger charge is 2.49. The van der Waals surface area contributed by atoms with Gasteiger partial charge in [0, 0.05) is 12.1 Å². The Morgan fingerprint density at radius 1 is 1.00 bits per heavy atom. The molecule has 2 aromatic rings. The fourth-order valence-corrected chi connectivity index (χ4v) is 4.17. The van der Waals surface area contributed by atoms with Gasteiger partial charge in [0.15, 0.2) is 10.1 Å². The Balaban J connectivity index is 0.000000258. The Hall–Kier alpha value is -1.94. The van der Waals surface area contributed by atoms with E-state index in [4.69, 9.17) is 13.0 Å². The van der Waals surface area contributed by atoms with Crippen molar-refractivity contribution >= 4 is 10.1 Å². The molecular weight excluding hydrogens is 405 g/mol. The second-order valence-corrected chi connectivity index (χ2v) is 9.00. The van der Waals surface area contributed by atoms with E-state index < -0.39 is 15.6 Å². The lowest BCUT2D eigenvalue weighted by Gasteiger charge is -2.57. The fourth-order valence-electron chi connectivity index (χ4n) is 4.17. The predicted octanol–water partition coefficient (Wildman–Crippen LogP) is 3.30. The van der Waals surface area contributed by atoms with Crippen LogP contribution in [-0.2, 0) is 10.1 Å². The third kappa shape index (κ3) is 4.80. The lowest BCUT2D eigenvalue weighted by atomic mass is 9.90. The molecule has 0 amide bonds. The number of alkyl halides is 3. The molecule has 3 aliphatic rings. The summed E-state index contributed by atoms with van der Waals surface area (Å²) in [6, 6.07) is 23.3. The highest BCUT2D eigenvalue weighted by Crippen LogP contribution is 2.42. The van der Waals surface area contributed by atoms with Gasteiger partial charge in [0.05, 0.1) is 32.7 Å². The Morgan fingerprint density at radius 2 is 1.48 bits per heavy atom. The molecule has 0 N–H and O–H groups in total. The minimum Gasteiger partial charge on any atom is -0.741 e. The van der Waals surface area contributed by atoms with Crippen LogP contribution < -0.4 is 0 Å². The van der Waals surface area contributed by atoms with E-state index in [1.165, 1.54) is 41.8 Å². The minimum atomic E-state index is -6.09. The number of piperazine rings is 3. The van der Waals surface area contributed by atoms with E-state index in [2.05, 4.69) is 72.6 Å². The zero-order valence-electron chi connectivity index (χ0n) is 15.9. The first-order valence-corrected chi connectivity index (χ1v) is 10.6. The van der Waals surface area contributed by atoms with Crippen molar-refractivity contribution in [3.8, 4) is 0 Å². The monoisotopic (exact) mass is 428 g/mol. The zero-order chi connectivity index (χ0) is 21.3. The molecule has 3 saturated heterocycles. The first kappa shape index (κ1) is 21.8. The van der Waals surface area contributed by atoms with E-state index in [0.29, 0.717) is 12.1 Å². The van der Waals surface area contributed by atoms with E-state index >= 15 is 0 Å². The Kier molecular flexibility index (Phi) is 6.05. The van der Waals surface area contributed by atoms with E-state index in [-0.39, 0.29) is 0 Å². The molecule has 3 aliphatic heterocycles. The van der Waals surface area contributed by atoms with Crippen LogP contribution in [0.25, 0.3) is 0 Å². The van der Waals surface area contributed by atoms with Crippen LogP contribution in [0.5, 0.6) is 0 Å². The van der Waals surface area contributed by atoms with Gasteiger partial charge in [-0.15, -0.1) is 0 Å². The van der Waals surface area contributed by atoms with Crippen molar-refractivity contribution in [2.45, 2.75) is 17.6 Å². The van der Waals surface area contributed by atoms with Gasteiger partial charge in [0.2, 0.25) is 0 Å². The molecule has 0 spiro atoms. The van der Waals surface area contributed by atoms with E-state index in [1.54, 1.807) is 0 Å². The predicted molar refractivity (Wildman–Crippen MR) is 102 cm³/mol. The van der Waals surface area contributed by atoms with Crippen molar-refractivity contribution in [3.63, 3.8) is 0 Å². The molecule has 29 heavy (non-hydrogen) atoms. The summed E-state index contributed by atoms with van der Waals surface area (Å²) in [7, 11) is -3.64. The van der Waals surface area contributed by atoms with E-state index in [1.807, 2.05) is 0 Å². The van der Waals surface area contributed by atoms with Gasteiger partial charge in [-0.05, 0) is 5.56 Å². The smallest absolute Gasteiger partial charge is 0.485 e. The average Bonchev–Trinajstić information content (AvgIpc) is 2.68. The molecule has 3 fully saturated rings. The minimum absolute atomic E-state index is 0.588. The largest absolute Gasteiger partial charge is 0.741 e. The molecule has 0 saturated carbocycles. The van der Waals surface area contributed by atoms with Crippen molar-refractivity contribution in [2.24, 2.45) is 0 Å². The van der Waals surface area contributed by atoms with Crippen LogP contribution in [0.1, 0.15) is 23.2 Å². The molecule has 3 heterocycles. The molecule has 0 aromatic heterocycles. The number of benzene rings is 2. The highest BCUT2D eigenvalue weighted by molar-refractivity contribution is 7.86. The van der Waals surface area contributed by atoms with E-state index in [0.717, 1.165) is 0 Å². The number of rotatable bonds is 2. The van der Waals surface area contributed by atoms with Gasteiger partial charge in [0.25, 0.3) is 0 Å². The molecular formula is C20H23F3N2O3S. The van der Waals surface area contributed by atoms with Crippen LogP contribution in [0.4, 0.5) is 13.2 Å². The van der Waals surface area contributed by atoms with Crippen molar-refractivity contribution in [1.29, 1.82) is 0 Å². The zero-order valence-corrected chi connectivity index (χ0v) is 16.7. The first-order valence-electron chi connectivity index (χ1n) is 9.21. The van der Waals surface area contributed by atoms with Crippen LogP contribution in [0.15, 0.2) is 60.7 Å². The average molecular weight is 428 g/mol. The van der Waals surface area contributed by atoms with Crippen molar-refractivity contribution < 1.29 is 30.6 Å². The van der Waals surface area contributed by atoms with Gasteiger partial charge in [0.1, 0.15) is 6.04 Å². The Bertz CT molecular complexity index is 923. The molecule has 2 bridgehead atoms. The lowest BCUT2D eigenvalue weighted by Crippen LogP contribution is -2.67. The third-order valence-electron chi connectivity index (χ3n) is 5.74. The summed E-state index contributed by atoms with van der Waals surface area (Å²) in [5.41, 5.74) is -2.67. The number of nitrogens with zero attached hydrogens (tertiary/aromatic N) is 2. The molecule has 5 nitrogen and oxygen atoms in total. The normalized spacial score (nSPS) is 29.1. The van der Waals surface area contributed by atoms with Crippen LogP contribution in [0.3, 0.4) is 0 Å². The summed E-state index contributed by atoms with van der Waals surface area (Å²) >= 11 is 0. The summed E-state index contributed by atoms with van der Waals surface area (Å²) < 4.78 is 60.1. The SMILES string of the molecule is C[N+]12CCN(C[C@H]1c1ccccc1)[C@H](c1ccccc1)C2.O=S(=O)([O-])C(F)(F)F. The van der Waals surface area contributed by atoms with Crippen LogP contribution in [0.2, 0.25) is 0 Å². The first-order chi connectivity index (χ1) is 13.5. The fraction of sp³-hybridized carbons (Fsp3) is 0.400. The van der Waals surface area contributed by atoms with Gasteiger partial charge in [-0.25, -0.2) is 8.42 Å². The summed E-state index contributed by atoms with van der Waals surface area (Å²) in [6.07, 6.45) is 0. The maximum absolute atomic E-state index is 10.7. The highest BCUT2D eigenvalue weighted by atomic mass is 32.2. The number of halogens is 3. The van der Waals surface area contributed by atoms with Crippen LogP contribution in [-0.4, -0.2) is 61.1 Å². The quantitative estimate of drug-likeness (QED) is 0.418. The topological polar surface area (TPSA) is 60.4 Å². The number of fused-ring (bicyclic) bond motifs is 3. The molecule has 4 atom stereocenters. The maximum atomic E-state index is 10.7. The number of likely N-dealkylation sites (N-methyl/N-ethyl adjacent to an activating group) is 1. The molecule has 0 aliphatic carbocycles. The molecule has 2 unspecified atom stereocenters. The molecule has 2 aromatic carbocycles. The van der Waals surface area contributed by atoms with Gasteiger partial charge < -0.3 is 9.04 Å². The number of hydrogen-bond acceptors (Lipinski definition) is 4. The summed E-state index contributed by atoms with van der Waals surface area (Å²) in [5.74, 6) is 0. The van der Waals surface area contributed by atoms with Crippen molar-refractivity contribution in [3.05, 3.63) is 71.8 Å². The Morgan fingerprint density at radius 3 is 1.93 bits per heavy atom. The third-order valence-corrected chi connectivity index (χ3v) is 6.31. The number of quaternary nitrogens is 1. The van der Waals surface area contributed by atoms with Gasteiger partial charge >= 0.3 is 5.51 Å². The molecule has 5 rings (SSSR count). The lowest BCUT2D eigenvalue weighted by molar-refractivity contribution is -0.957. The van der Waals surface area contributed by atoms with Crippen LogP contribution in [0, 0.1) is 0 Å². The van der Waals surface area contributed by atoms with E-state index in [9.17, 15) is 13.2 Å². The van der Waals surface area contributed by atoms with Gasteiger partial charge in [-0.2, -0.15) is 13.2 Å². The second kappa shape index (κ2) is 8.06. The summed E-state index contributed by atoms with van der Waals surface area (Å²) in [6.45, 7) is 4.89. The molecule has 0 radical (unpaired) electrons. The molecule has 158 valence electrons. The second-order valence-electron chi connectivity index (χ2n) is 7.63. The summed E-state index contributed by atoms with van der Waals surface area (Å²) in [5, 5.41) is 0.